The van der Waals surface area contributed by atoms with Crippen LogP contribution in [0.3, 0.4) is 0 Å². The Bertz CT molecular complexity index is 652. The van der Waals surface area contributed by atoms with Gasteiger partial charge in [0.05, 0.1) is 13.1 Å². The molecular formula is C18H22N2O3S. The number of hydrogen-bond donors (Lipinski definition) is 2. The summed E-state index contributed by atoms with van der Waals surface area (Å²) in [5.74, 6) is -1.30. The molecule has 1 aromatic carbocycles. The van der Waals surface area contributed by atoms with Crippen LogP contribution in [0.25, 0.3) is 0 Å². The molecule has 0 saturated heterocycles. The van der Waals surface area contributed by atoms with Crippen LogP contribution in [0.2, 0.25) is 0 Å². The first-order valence-corrected chi connectivity index (χ1v) is 8.68. The number of thiophene rings is 1. The van der Waals surface area contributed by atoms with Crippen molar-refractivity contribution in [2.24, 2.45) is 0 Å². The molecule has 2 amide bonds. The fourth-order valence-electron chi connectivity index (χ4n) is 2.47. The average Bonchev–Trinajstić information content (AvgIpc) is 3.15. The molecule has 24 heavy (non-hydrogen) atoms. The molecule has 0 aliphatic rings. The third kappa shape index (κ3) is 4.43. The van der Waals surface area contributed by atoms with Crippen molar-refractivity contribution in [2.75, 3.05) is 13.7 Å². The second-order valence-corrected chi connectivity index (χ2v) is 6.39. The molecule has 0 aliphatic heterocycles. The van der Waals surface area contributed by atoms with E-state index in [1.54, 1.807) is 7.11 Å². The molecule has 2 rings (SSSR count). The molecule has 6 heteroatoms. The van der Waals surface area contributed by atoms with E-state index in [2.05, 4.69) is 10.6 Å². The Balaban J connectivity index is 1.93. The third-order valence-corrected chi connectivity index (χ3v) is 4.88. The van der Waals surface area contributed by atoms with Crippen molar-refractivity contribution < 1.29 is 14.3 Å². The fraction of sp³-hybridized carbons (Fsp3) is 0.333. The lowest BCUT2D eigenvalue weighted by molar-refractivity contribution is -0.140. The first kappa shape index (κ1) is 18.2. The summed E-state index contributed by atoms with van der Waals surface area (Å²) in [6.45, 7) is 2.57. The quantitative estimate of drug-likeness (QED) is 0.757. The average molecular weight is 346 g/mol. The fourth-order valence-corrected chi connectivity index (χ4v) is 3.12. The summed E-state index contributed by atoms with van der Waals surface area (Å²) in [6.07, 6.45) is 0.671. The van der Waals surface area contributed by atoms with Crippen LogP contribution in [0.15, 0.2) is 47.8 Å². The highest BCUT2D eigenvalue weighted by molar-refractivity contribution is 7.09. The molecular weight excluding hydrogens is 324 g/mol. The molecule has 1 aromatic heterocycles. The SMILES string of the molecule is CCC(CNC(=O)C(=O)NCc1cccs1)(OC)c1ccccc1. The number of hydrogen-bond acceptors (Lipinski definition) is 4. The lowest BCUT2D eigenvalue weighted by Gasteiger charge is -2.32. The maximum atomic E-state index is 12.0. The molecule has 5 nitrogen and oxygen atoms in total. The maximum Gasteiger partial charge on any atom is 0.309 e. The Morgan fingerprint density at radius 1 is 1.08 bits per heavy atom. The number of nitrogens with one attached hydrogen (secondary N) is 2. The van der Waals surface area contributed by atoms with Crippen LogP contribution >= 0.6 is 11.3 Å². The lowest BCUT2D eigenvalue weighted by atomic mass is 9.90. The number of benzene rings is 1. The summed E-state index contributed by atoms with van der Waals surface area (Å²) in [5.41, 5.74) is 0.319. The lowest BCUT2D eigenvalue weighted by Crippen LogP contribution is -2.46. The van der Waals surface area contributed by atoms with E-state index in [9.17, 15) is 9.59 Å². The second-order valence-electron chi connectivity index (χ2n) is 5.36. The zero-order valence-electron chi connectivity index (χ0n) is 13.9. The molecule has 0 saturated carbocycles. The summed E-state index contributed by atoms with van der Waals surface area (Å²) >= 11 is 1.53. The van der Waals surface area contributed by atoms with E-state index in [0.717, 1.165) is 10.4 Å². The highest BCUT2D eigenvalue weighted by Crippen LogP contribution is 2.27. The van der Waals surface area contributed by atoms with Gasteiger partial charge in [0.1, 0.15) is 5.60 Å². The Kier molecular flexibility index (Phi) is 6.52. The molecule has 0 bridgehead atoms. The monoisotopic (exact) mass is 346 g/mol. The van der Waals surface area contributed by atoms with Crippen LogP contribution in [0.1, 0.15) is 23.8 Å². The summed E-state index contributed by atoms with van der Waals surface area (Å²) in [7, 11) is 1.61. The van der Waals surface area contributed by atoms with Gasteiger partial charge in [-0.2, -0.15) is 0 Å². The molecule has 128 valence electrons. The van der Waals surface area contributed by atoms with Gasteiger partial charge < -0.3 is 15.4 Å². The molecule has 1 heterocycles. The van der Waals surface area contributed by atoms with Gasteiger partial charge in [-0.1, -0.05) is 43.3 Å². The first-order chi connectivity index (χ1) is 11.6. The van der Waals surface area contributed by atoms with E-state index in [0.29, 0.717) is 13.0 Å². The summed E-state index contributed by atoms with van der Waals surface area (Å²) < 4.78 is 5.68. The number of rotatable bonds is 7. The van der Waals surface area contributed by atoms with Gasteiger partial charge in [-0.05, 0) is 23.4 Å². The van der Waals surface area contributed by atoms with E-state index in [-0.39, 0.29) is 6.54 Å². The van der Waals surface area contributed by atoms with Crippen LogP contribution in [-0.4, -0.2) is 25.5 Å². The second kappa shape index (κ2) is 8.61. The molecule has 2 aromatic rings. The minimum Gasteiger partial charge on any atom is -0.372 e. The Morgan fingerprint density at radius 3 is 2.38 bits per heavy atom. The molecule has 2 N–H and O–H groups in total. The van der Waals surface area contributed by atoms with Crippen molar-refractivity contribution in [1.29, 1.82) is 0 Å². The van der Waals surface area contributed by atoms with Gasteiger partial charge in [0.25, 0.3) is 0 Å². The Labute approximate surface area is 146 Å². The molecule has 0 fully saturated rings. The maximum absolute atomic E-state index is 12.0. The molecule has 0 spiro atoms. The van der Waals surface area contributed by atoms with Crippen LogP contribution in [0.4, 0.5) is 0 Å². The first-order valence-electron chi connectivity index (χ1n) is 7.80. The number of carbonyl (C=O) groups is 2. The Hall–Kier alpha value is -2.18. The van der Waals surface area contributed by atoms with Crippen LogP contribution in [0.5, 0.6) is 0 Å². The topological polar surface area (TPSA) is 67.4 Å². The van der Waals surface area contributed by atoms with Crippen molar-refractivity contribution in [3.8, 4) is 0 Å². The largest absolute Gasteiger partial charge is 0.372 e. The van der Waals surface area contributed by atoms with Crippen molar-refractivity contribution in [3.05, 3.63) is 58.3 Å². The van der Waals surface area contributed by atoms with Gasteiger partial charge in [-0.3, -0.25) is 9.59 Å². The smallest absolute Gasteiger partial charge is 0.309 e. The van der Waals surface area contributed by atoms with Crippen LogP contribution in [-0.2, 0) is 26.5 Å². The van der Waals surface area contributed by atoms with E-state index < -0.39 is 17.4 Å². The van der Waals surface area contributed by atoms with Gasteiger partial charge in [-0.25, -0.2) is 0 Å². The molecule has 1 unspecified atom stereocenters. The predicted octanol–water partition coefficient (Wildman–Crippen LogP) is 2.43. The van der Waals surface area contributed by atoms with Gasteiger partial charge in [0.15, 0.2) is 0 Å². The van der Waals surface area contributed by atoms with E-state index >= 15 is 0 Å². The van der Waals surface area contributed by atoms with Gasteiger partial charge in [0.2, 0.25) is 0 Å². The highest BCUT2D eigenvalue weighted by atomic mass is 32.1. The molecule has 0 aliphatic carbocycles. The van der Waals surface area contributed by atoms with Crippen molar-refractivity contribution in [3.63, 3.8) is 0 Å². The minimum atomic E-state index is -0.655. The van der Waals surface area contributed by atoms with Crippen LogP contribution in [0, 0.1) is 0 Å². The van der Waals surface area contributed by atoms with Crippen LogP contribution < -0.4 is 10.6 Å². The van der Waals surface area contributed by atoms with Gasteiger partial charge >= 0.3 is 11.8 Å². The normalized spacial score (nSPS) is 13.1. The van der Waals surface area contributed by atoms with Gasteiger partial charge in [-0.15, -0.1) is 11.3 Å². The summed E-state index contributed by atoms with van der Waals surface area (Å²) in [5, 5.41) is 7.22. The zero-order valence-corrected chi connectivity index (χ0v) is 14.7. The Morgan fingerprint density at radius 2 is 1.79 bits per heavy atom. The molecule has 1 atom stereocenters. The number of ether oxygens (including phenoxy) is 1. The van der Waals surface area contributed by atoms with Gasteiger partial charge in [0, 0.05) is 12.0 Å². The van der Waals surface area contributed by atoms with Crippen molar-refractivity contribution in [1.82, 2.24) is 10.6 Å². The van der Waals surface area contributed by atoms with E-state index in [4.69, 9.17) is 4.74 Å². The number of methoxy groups -OCH3 is 1. The summed E-state index contributed by atoms with van der Waals surface area (Å²) in [6, 6.07) is 13.5. The third-order valence-electron chi connectivity index (χ3n) is 4.01. The predicted molar refractivity (Wildman–Crippen MR) is 94.6 cm³/mol. The van der Waals surface area contributed by atoms with Crippen molar-refractivity contribution >= 4 is 23.2 Å². The summed E-state index contributed by atoms with van der Waals surface area (Å²) in [4.78, 5) is 24.9. The zero-order chi connectivity index (χ0) is 17.4. The van der Waals surface area contributed by atoms with Crippen molar-refractivity contribution in [2.45, 2.75) is 25.5 Å². The van der Waals surface area contributed by atoms with E-state index in [1.165, 1.54) is 11.3 Å². The minimum absolute atomic E-state index is 0.231. The highest BCUT2D eigenvalue weighted by Gasteiger charge is 2.31. The molecule has 0 radical (unpaired) electrons. The number of amides is 2. The number of carbonyl (C=O) groups excluding carboxylic acids is 2. The van der Waals surface area contributed by atoms with E-state index in [1.807, 2.05) is 54.8 Å². The standard InChI is InChI=1S/C18H22N2O3S/c1-3-18(23-2,14-8-5-4-6-9-14)13-20-17(22)16(21)19-12-15-10-7-11-24-15/h4-11H,3,12-13H2,1-2H3,(H,19,21)(H,20,22).